The zero-order chi connectivity index (χ0) is 18.7. The summed E-state index contributed by atoms with van der Waals surface area (Å²) in [7, 11) is 4.09. The van der Waals surface area contributed by atoms with Crippen LogP contribution in [-0.2, 0) is 19.3 Å². The number of carbonyl (C=O) groups excluding carboxylic acids is 1. The van der Waals surface area contributed by atoms with Gasteiger partial charge < -0.3 is 20.6 Å². The van der Waals surface area contributed by atoms with Crippen molar-refractivity contribution in [3.05, 3.63) is 51.7 Å². The van der Waals surface area contributed by atoms with Crippen LogP contribution in [0, 0.1) is 0 Å². The number of nitrogens with zero attached hydrogens (tertiary/aromatic N) is 1. The molecule has 0 aliphatic heterocycles. The number of thiophene rings is 1. The Labute approximate surface area is 159 Å². The molecule has 1 aliphatic rings. The number of aromatic hydroxyl groups is 1. The van der Waals surface area contributed by atoms with Crippen molar-refractivity contribution in [2.75, 3.05) is 20.6 Å². The first-order valence-corrected chi connectivity index (χ1v) is 9.86. The summed E-state index contributed by atoms with van der Waals surface area (Å²) in [6.45, 7) is 2.58. The Bertz CT molecular complexity index is 760. The minimum absolute atomic E-state index is 0.0811. The number of carbonyl (C=O) groups is 1. The lowest BCUT2D eigenvalue weighted by atomic mass is 9.94. The molecule has 0 spiro atoms. The molecule has 1 aromatic heterocycles. The molecule has 6 heteroatoms. The Kier molecular flexibility index (Phi) is 5.53. The highest BCUT2D eigenvalue weighted by Crippen LogP contribution is 2.34. The van der Waals surface area contributed by atoms with E-state index in [2.05, 4.69) is 32.4 Å². The minimum Gasteiger partial charge on any atom is -0.508 e. The average Bonchev–Trinajstić information content (AvgIpc) is 3.20. The van der Waals surface area contributed by atoms with Gasteiger partial charge in [-0.2, -0.15) is 11.3 Å². The van der Waals surface area contributed by atoms with Crippen LogP contribution in [0.1, 0.15) is 23.6 Å². The Morgan fingerprint density at radius 3 is 2.77 bits per heavy atom. The molecule has 0 bridgehead atoms. The van der Waals surface area contributed by atoms with Gasteiger partial charge in [0.05, 0.1) is 0 Å². The van der Waals surface area contributed by atoms with E-state index in [0.717, 1.165) is 24.8 Å². The van der Waals surface area contributed by atoms with Gasteiger partial charge >= 0.3 is 6.03 Å². The van der Waals surface area contributed by atoms with Crippen LogP contribution in [0.4, 0.5) is 4.79 Å². The van der Waals surface area contributed by atoms with Crippen molar-refractivity contribution in [1.82, 2.24) is 15.5 Å². The lowest BCUT2D eigenvalue weighted by Gasteiger charge is -2.36. The number of hydrogen-bond acceptors (Lipinski definition) is 4. The van der Waals surface area contributed by atoms with Crippen LogP contribution in [0.2, 0.25) is 0 Å². The molecule has 1 heterocycles. The predicted molar refractivity (Wildman–Crippen MR) is 106 cm³/mol. The van der Waals surface area contributed by atoms with Crippen LogP contribution < -0.4 is 10.6 Å². The smallest absolute Gasteiger partial charge is 0.315 e. The summed E-state index contributed by atoms with van der Waals surface area (Å²) in [5, 5.41) is 20.0. The van der Waals surface area contributed by atoms with Crippen LogP contribution in [0.15, 0.2) is 35.0 Å². The van der Waals surface area contributed by atoms with Crippen LogP contribution in [-0.4, -0.2) is 48.3 Å². The molecule has 1 aromatic carbocycles. The Morgan fingerprint density at radius 1 is 1.31 bits per heavy atom. The number of rotatable bonds is 6. The maximum Gasteiger partial charge on any atom is 0.315 e. The standard InChI is InChI=1S/C20H27N3O2S/c1-14(8-15-6-7-26-12-15)22-19(25)21-13-20(23(2)3)10-16-4-5-18(24)9-17(16)11-20/h4-7,9,12,14,24H,8,10-11,13H2,1-3H3,(H2,21,22,25)/t14-,20+/m0/s1. The van der Waals surface area contributed by atoms with Gasteiger partial charge in [-0.05, 0) is 85.9 Å². The van der Waals surface area contributed by atoms with E-state index >= 15 is 0 Å². The fourth-order valence-corrected chi connectivity index (χ4v) is 4.33. The van der Waals surface area contributed by atoms with Crippen LogP contribution >= 0.6 is 11.3 Å². The van der Waals surface area contributed by atoms with Crippen molar-refractivity contribution in [2.24, 2.45) is 0 Å². The van der Waals surface area contributed by atoms with Crippen molar-refractivity contribution in [2.45, 2.75) is 37.8 Å². The highest BCUT2D eigenvalue weighted by atomic mass is 32.1. The third kappa shape index (κ3) is 4.19. The summed E-state index contributed by atoms with van der Waals surface area (Å²) in [5.74, 6) is 0.297. The van der Waals surface area contributed by atoms with Gasteiger partial charge in [-0.3, -0.25) is 0 Å². The lowest BCUT2D eigenvalue weighted by Crippen LogP contribution is -2.55. The molecule has 26 heavy (non-hydrogen) atoms. The SMILES string of the molecule is C[C@@H](Cc1ccsc1)NC(=O)NC[C@@]1(N(C)C)Cc2ccc(O)cc2C1. The molecule has 0 saturated carbocycles. The highest BCUT2D eigenvalue weighted by molar-refractivity contribution is 7.07. The number of likely N-dealkylation sites (N-methyl/N-ethyl adjacent to an activating group) is 1. The third-order valence-corrected chi connectivity index (χ3v) is 5.99. The topological polar surface area (TPSA) is 64.6 Å². The van der Waals surface area contributed by atoms with Gasteiger partial charge in [0.25, 0.3) is 0 Å². The molecule has 3 N–H and O–H groups in total. The number of benzene rings is 1. The fraction of sp³-hybridized carbons (Fsp3) is 0.450. The Balaban J connectivity index is 1.57. The second-order valence-electron chi connectivity index (χ2n) is 7.49. The van der Waals surface area contributed by atoms with E-state index in [-0.39, 0.29) is 17.6 Å². The van der Waals surface area contributed by atoms with E-state index in [0.29, 0.717) is 12.3 Å². The summed E-state index contributed by atoms with van der Waals surface area (Å²) < 4.78 is 0. The first-order chi connectivity index (χ1) is 12.4. The first kappa shape index (κ1) is 18.7. The average molecular weight is 374 g/mol. The van der Waals surface area contributed by atoms with Gasteiger partial charge in [0.1, 0.15) is 5.75 Å². The molecule has 2 aromatic rings. The summed E-state index contributed by atoms with van der Waals surface area (Å²) in [5.41, 5.74) is 3.49. The Morgan fingerprint density at radius 2 is 2.08 bits per heavy atom. The minimum atomic E-state index is -0.163. The number of hydrogen-bond donors (Lipinski definition) is 3. The number of amides is 2. The summed E-state index contributed by atoms with van der Waals surface area (Å²) in [4.78, 5) is 14.5. The van der Waals surface area contributed by atoms with Gasteiger partial charge in [0.15, 0.2) is 0 Å². The molecular formula is C20H27N3O2S. The normalized spacial score (nSPS) is 20.0. The number of urea groups is 1. The van der Waals surface area contributed by atoms with E-state index in [4.69, 9.17) is 0 Å². The van der Waals surface area contributed by atoms with Crippen molar-refractivity contribution in [3.8, 4) is 5.75 Å². The number of fused-ring (bicyclic) bond motifs is 1. The largest absolute Gasteiger partial charge is 0.508 e. The van der Waals surface area contributed by atoms with Gasteiger partial charge in [-0.25, -0.2) is 4.79 Å². The second-order valence-corrected chi connectivity index (χ2v) is 8.27. The van der Waals surface area contributed by atoms with E-state index in [1.807, 2.05) is 33.2 Å². The number of nitrogens with one attached hydrogen (secondary N) is 2. The molecule has 2 atom stereocenters. The van der Waals surface area contributed by atoms with Crippen molar-refractivity contribution >= 4 is 17.4 Å². The molecular weight excluding hydrogens is 346 g/mol. The third-order valence-electron chi connectivity index (χ3n) is 5.26. The summed E-state index contributed by atoms with van der Waals surface area (Å²) in [6.07, 6.45) is 2.51. The van der Waals surface area contributed by atoms with Crippen LogP contribution in [0.5, 0.6) is 5.75 Å². The first-order valence-electron chi connectivity index (χ1n) is 8.92. The highest BCUT2D eigenvalue weighted by Gasteiger charge is 2.39. The number of phenols is 1. The number of phenolic OH excluding ortho intramolecular Hbond substituents is 1. The second kappa shape index (κ2) is 7.68. The molecule has 140 valence electrons. The van der Waals surface area contributed by atoms with Gasteiger partial charge in [0, 0.05) is 18.1 Å². The zero-order valence-electron chi connectivity index (χ0n) is 15.6. The summed E-state index contributed by atoms with van der Waals surface area (Å²) >= 11 is 1.67. The van der Waals surface area contributed by atoms with Crippen LogP contribution in [0.3, 0.4) is 0 Å². The van der Waals surface area contributed by atoms with E-state index in [1.54, 1.807) is 17.4 Å². The predicted octanol–water partition coefficient (Wildman–Crippen LogP) is 2.78. The molecule has 0 saturated heterocycles. The van der Waals surface area contributed by atoms with Gasteiger partial charge in [0.2, 0.25) is 0 Å². The van der Waals surface area contributed by atoms with E-state index < -0.39 is 0 Å². The Hall–Kier alpha value is -2.05. The van der Waals surface area contributed by atoms with Crippen molar-refractivity contribution < 1.29 is 9.90 Å². The lowest BCUT2D eigenvalue weighted by molar-refractivity contribution is 0.157. The maximum absolute atomic E-state index is 12.4. The quantitative estimate of drug-likeness (QED) is 0.730. The summed E-state index contributed by atoms with van der Waals surface area (Å²) in [6, 6.07) is 7.59. The molecule has 1 aliphatic carbocycles. The molecule has 0 radical (unpaired) electrons. The zero-order valence-corrected chi connectivity index (χ0v) is 16.4. The molecule has 0 unspecified atom stereocenters. The molecule has 5 nitrogen and oxygen atoms in total. The van der Waals surface area contributed by atoms with E-state index in [1.165, 1.54) is 11.1 Å². The van der Waals surface area contributed by atoms with Crippen LogP contribution in [0.25, 0.3) is 0 Å². The van der Waals surface area contributed by atoms with Gasteiger partial charge in [-0.1, -0.05) is 6.07 Å². The van der Waals surface area contributed by atoms with E-state index in [9.17, 15) is 9.90 Å². The van der Waals surface area contributed by atoms with Crippen molar-refractivity contribution in [3.63, 3.8) is 0 Å². The molecule has 2 amide bonds. The molecule has 0 fully saturated rings. The monoisotopic (exact) mass is 373 g/mol. The van der Waals surface area contributed by atoms with Crippen molar-refractivity contribution in [1.29, 1.82) is 0 Å². The fourth-order valence-electron chi connectivity index (χ4n) is 3.65. The maximum atomic E-state index is 12.4. The van der Waals surface area contributed by atoms with Gasteiger partial charge in [-0.15, -0.1) is 0 Å². The molecule has 3 rings (SSSR count).